The molecule has 36 heavy (non-hydrogen) atoms. The number of oxime groups is 1. The molecule has 2 aliphatic rings. The standard InChI is InChI=1S/C20H15N7O6S3/c21-20-23-11(7-36-20)12(25-32)15(28)24-13-17(29)27-14(19(30)31)8(6-35-18(13)27)1-2-9-5-10(26-33-9)16-22-3-4-34-16/h1-5,7,13,18,32H,6H2,(H2,21,23)(H,24,28)(H,30,31)/b2-1-,25-12-/t13-,18-/m1/s1. The zero-order valence-corrected chi connectivity index (χ0v) is 20.3. The summed E-state index contributed by atoms with van der Waals surface area (Å²) in [7, 11) is 0. The molecule has 0 unspecified atom stereocenters. The molecule has 0 spiro atoms. The average molecular weight is 546 g/mol. The predicted molar refractivity (Wildman–Crippen MR) is 131 cm³/mol. The Bertz CT molecular complexity index is 1440. The number of thioether (sulfide) groups is 1. The maximum absolute atomic E-state index is 12.9. The zero-order valence-electron chi connectivity index (χ0n) is 17.9. The monoisotopic (exact) mass is 545 g/mol. The van der Waals surface area contributed by atoms with E-state index >= 15 is 0 Å². The van der Waals surface area contributed by atoms with Crippen LogP contribution in [-0.4, -0.2) is 71.0 Å². The van der Waals surface area contributed by atoms with E-state index in [0.29, 0.717) is 22.0 Å². The van der Waals surface area contributed by atoms with E-state index in [1.54, 1.807) is 24.4 Å². The SMILES string of the molecule is Nc1nc(/C(=N/O)C(=O)N[C@@H]2C(=O)N3C(C(=O)O)=C(/C=C\c4cc(-c5nccs5)no4)CS[C@H]23)cs1. The van der Waals surface area contributed by atoms with Crippen molar-refractivity contribution < 1.29 is 29.2 Å². The van der Waals surface area contributed by atoms with Gasteiger partial charge in [0.15, 0.2) is 16.6 Å². The Morgan fingerprint density at radius 2 is 2.17 bits per heavy atom. The number of carboxylic acids is 1. The lowest BCUT2D eigenvalue weighted by Crippen LogP contribution is -2.71. The summed E-state index contributed by atoms with van der Waals surface area (Å²) >= 11 is 3.74. The minimum atomic E-state index is -1.28. The Balaban J connectivity index is 1.32. The fourth-order valence-electron chi connectivity index (χ4n) is 3.59. The van der Waals surface area contributed by atoms with E-state index in [1.807, 2.05) is 5.38 Å². The van der Waals surface area contributed by atoms with E-state index in [9.17, 15) is 24.7 Å². The fourth-order valence-corrected chi connectivity index (χ4v) is 6.05. The fraction of sp³-hybridized carbons (Fsp3) is 0.150. The molecule has 2 atom stereocenters. The van der Waals surface area contributed by atoms with E-state index in [1.165, 1.54) is 28.5 Å². The van der Waals surface area contributed by atoms with Crippen molar-refractivity contribution in [3.63, 3.8) is 0 Å². The molecule has 3 aromatic heterocycles. The topological polar surface area (TPSA) is 197 Å². The highest BCUT2D eigenvalue weighted by Gasteiger charge is 2.54. The van der Waals surface area contributed by atoms with Crippen LogP contribution in [0.3, 0.4) is 0 Å². The van der Waals surface area contributed by atoms with Gasteiger partial charge in [-0.15, -0.1) is 34.4 Å². The van der Waals surface area contributed by atoms with Crippen molar-refractivity contribution >= 4 is 69.1 Å². The van der Waals surface area contributed by atoms with Crippen LogP contribution in [0, 0.1) is 0 Å². The number of nitrogens with zero attached hydrogens (tertiary/aromatic N) is 5. The molecule has 5 N–H and O–H groups in total. The average Bonchev–Trinajstić information content (AvgIpc) is 3.63. The minimum Gasteiger partial charge on any atom is -0.477 e. The highest BCUT2D eigenvalue weighted by atomic mass is 32.2. The first kappa shape index (κ1) is 23.7. The van der Waals surface area contributed by atoms with Gasteiger partial charge in [-0.25, -0.2) is 14.8 Å². The van der Waals surface area contributed by atoms with Crippen LogP contribution >= 0.6 is 34.4 Å². The highest BCUT2D eigenvalue weighted by Crippen LogP contribution is 2.41. The quantitative estimate of drug-likeness (QED) is 0.145. The maximum atomic E-state index is 12.9. The molecule has 16 heteroatoms. The molecule has 0 aromatic carbocycles. The first-order chi connectivity index (χ1) is 17.4. The van der Waals surface area contributed by atoms with Gasteiger partial charge < -0.3 is 25.9 Å². The molecular weight excluding hydrogens is 530 g/mol. The van der Waals surface area contributed by atoms with Gasteiger partial charge >= 0.3 is 5.97 Å². The van der Waals surface area contributed by atoms with Crippen LogP contribution in [0.1, 0.15) is 11.5 Å². The number of nitrogens with one attached hydrogen (secondary N) is 1. The number of hydrogen-bond donors (Lipinski definition) is 4. The summed E-state index contributed by atoms with van der Waals surface area (Å²) in [5, 5.41) is 32.0. The van der Waals surface area contributed by atoms with Crippen molar-refractivity contribution in [2.75, 3.05) is 11.5 Å². The second kappa shape index (κ2) is 9.56. The van der Waals surface area contributed by atoms with Gasteiger partial charge in [-0.2, -0.15) is 0 Å². The first-order valence-corrected chi connectivity index (χ1v) is 12.9. The molecule has 2 amide bonds. The molecule has 1 fully saturated rings. The smallest absolute Gasteiger partial charge is 0.352 e. The summed E-state index contributed by atoms with van der Waals surface area (Å²) in [5.41, 5.74) is 5.97. The lowest BCUT2D eigenvalue weighted by molar-refractivity contribution is -0.150. The van der Waals surface area contributed by atoms with Gasteiger partial charge in [0.05, 0.1) is 0 Å². The summed E-state index contributed by atoms with van der Waals surface area (Å²) < 4.78 is 5.27. The first-order valence-electron chi connectivity index (χ1n) is 10.1. The van der Waals surface area contributed by atoms with Crippen LogP contribution in [-0.2, 0) is 14.4 Å². The van der Waals surface area contributed by atoms with Crippen LogP contribution in [0.4, 0.5) is 5.13 Å². The van der Waals surface area contributed by atoms with Crippen molar-refractivity contribution in [1.82, 2.24) is 25.3 Å². The molecule has 0 aliphatic carbocycles. The largest absolute Gasteiger partial charge is 0.477 e. The third kappa shape index (κ3) is 4.25. The van der Waals surface area contributed by atoms with Gasteiger partial charge in [-0.1, -0.05) is 16.4 Å². The Hall–Kier alpha value is -4.02. The van der Waals surface area contributed by atoms with Crippen molar-refractivity contribution in [1.29, 1.82) is 0 Å². The number of carbonyl (C=O) groups excluding carboxylic acids is 2. The Morgan fingerprint density at radius 1 is 1.33 bits per heavy atom. The lowest BCUT2D eigenvalue weighted by atomic mass is 10.0. The number of allylic oxidation sites excluding steroid dienone is 1. The van der Waals surface area contributed by atoms with Gasteiger partial charge in [0.2, 0.25) is 0 Å². The molecule has 2 aliphatic heterocycles. The van der Waals surface area contributed by atoms with E-state index in [-0.39, 0.29) is 22.3 Å². The van der Waals surface area contributed by atoms with Crippen molar-refractivity contribution in [3.05, 3.63) is 51.8 Å². The number of thiazole rings is 2. The number of aromatic nitrogens is 3. The van der Waals surface area contributed by atoms with Gasteiger partial charge in [-0.05, 0) is 11.6 Å². The predicted octanol–water partition coefficient (Wildman–Crippen LogP) is 1.47. The van der Waals surface area contributed by atoms with Crippen LogP contribution in [0.15, 0.2) is 50.0 Å². The molecule has 13 nitrogen and oxygen atoms in total. The molecule has 5 heterocycles. The van der Waals surface area contributed by atoms with Crippen LogP contribution in [0.25, 0.3) is 16.8 Å². The number of nitrogen functional groups attached to an aromatic ring is 1. The lowest BCUT2D eigenvalue weighted by Gasteiger charge is -2.49. The van der Waals surface area contributed by atoms with E-state index in [0.717, 1.165) is 16.2 Å². The Morgan fingerprint density at radius 3 is 2.83 bits per heavy atom. The molecule has 0 bridgehead atoms. The van der Waals surface area contributed by atoms with Gasteiger partial charge in [-0.3, -0.25) is 14.5 Å². The number of hydrogen-bond acceptors (Lipinski definition) is 13. The molecule has 0 radical (unpaired) electrons. The number of carboxylic acid groups (broad SMARTS) is 1. The van der Waals surface area contributed by atoms with Crippen molar-refractivity contribution in [2.45, 2.75) is 11.4 Å². The van der Waals surface area contributed by atoms with Crippen molar-refractivity contribution in [3.8, 4) is 10.7 Å². The number of amides is 2. The summed E-state index contributed by atoms with van der Waals surface area (Å²) in [6, 6.07) is 0.663. The van der Waals surface area contributed by atoms with Crippen LogP contribution < -0.4 is 11.1 Å². The van der Waals surface area contributed by atoms with Crippen molar-refractivity contribution in [2.24, 2.45) is 5.16 Å². The summed E-state index contributed by atoms with van der Waals surface area (Å²) in [6.45, 7) is 0. The number of anilines is 1. The van der Waals surface area contributed by atoms with Gasteiger partial charge in [0.1, 0.15) is 33.5 Å². The highest BCUT2D eigenvalue weighted by molar-refractivity contribution is 8.00. The van der Waals surface area contributed by atoms with Crippen LogP contribution in [0.5, 0.6) is 0 Å². The number of carbonyl (C=O) groups is 3. The number of fused-ring (bicyclic) bond motifs is 1. The zero-order chi connectivity index (χ0) is 25.4. The van der Waals surface area contributed by atoms with E-state index in [2.05, 4.69) is 25.6 Å². The number of β-lactam (4-membered cyclic amide) rings is 1. The number of aliphatic carboxylic acids is 1. The second-order valence-corrected chi connectivity index (χ2v) is 10.2. The third-order valence-electron chi connectivity index (χ3n) is 5.20. The summed E-state index contributed by atoms with van der Waals surface area (Å²) in [5.74, 6) is -2.08. The summed E-state index contributed by atoms with van der Waals surface area (Å²) in [6.07, 6.45) is 4.77. The van der Waals surface area contributed by atoms with E-state index in [4.69, 9.17) is 10.3 Å². The maximum Gasteiger partial charge on any atom is 0.352 e. The van der Waals surface area contributed by atoms with E-state index < -0.39 is 34.9 Å². The Kier molecular flexibility index (Phi) is 6.29. The summed E-state index contributed by atoms with van der Waals surface area (Å²) in [4.78, 5) is 46.7. The molecule has 3 aromatic rings. The van der Waals surface area contributed by atoms with Gasteiger partial charge in [0.25, 0.3) is 11.8 Å². The number of nitrogens with two attached hydrogens (primary N) is 1. The molecule has 1 saturated heterocycles. The Labute approximate surface area is 214 Å². The normalized spacial score (nSPS) is 19.9. The molecular formula is C20H15N7O6S3. The van der Waals surface area contributed by atoms with Gasteiger partial charge in [0, 0.05) is 28.8 Å². The van der Waals surface area contributed by atoms with Crippen LogP contribution in [0.2, 0.25) is 0 Å². The third-order valence-corrected chi connectivity index (χ3v) is 7.97. The molecule has 0 saturated carbocycles. The molecule has 184 valence electrons. The second-order valence-electron chi connectivity index (χ2n) is 7.34. The minimum absolute atomic E-state index is 0.0569. The molecule has 5 rings (SSSR count). The number of rotatable bonds is 7.